The van der Waals surface area contributed by atoms with E-state index in [1.807, 2.05) is 11.9 Å². The number of hydrogen-bond donors (Lipinski definition) is 1. The number of amides is 1. The van der Waals surface area contributed by atoms with Crippen molar-refractivity contribution in [3.05, 3.63) is 42.0 Å². The minimum absolute atomic E-state index is 0. The Bertz CT molecular complexity index is 761. The number of piperidine rings is 1. The number of rotatable bonds is 4. The van der Waals surface area contributed by atoms with E-state index >= 15 is 0 Å². The molecule has 2 saturated heterocycles. The third-order valence-corrected chi connectivity index (χ3v) is 6.25. The van der Waals surface area contributed by atoms with Gasteiger partial charge in [-0.25, -0.2) is 0 Å². The molecule has 0 aliphatic carbocycles. The van der Waals surface area contributed by atoms with E-state index in [0.29, 0.717) is 19.1 Å². The molecule has 0 radical (unpaired) electrons. The summed E-state index contributed by atoms with van der Waals surface area (Å²) in [5, 5.41) is 3.49. The van der Waals surface area contributed by atoms with Gasteiger partial charge >= 0.3 is 0 Å². The van der Waals surface area contributed by atoms with Crippen molar-refractivity contribution in [1.29, 1.82) is 0 Å². The number of nitrogens with zero attached hydrogens (tertiary/aromatic N) is 4. The van der Waals surface area contributed by atoms with E-state index in [-0.39, 0.29) is 29.9 Å². The molecule has 3 aliphatic rings. The number of nitrogens with one attached hydrogen (secondary N) is 1. The number of guanidine groups is 1. The SMILES string of the molecule is CN=C(NCc1ccc(N2CC=CC2)cc1)N1CCC(C(=O)N2CCOCC2)CC1.I. The predicted molar refractivity (Wildman–Crippen MR) is 135 cm³/mol. The van der Waals surface area contributed by atoms with Gasteiger partial charge in [-0.05, 0) is 30.5 Å². The van der Waals surface area contributed by atoms with E-state index in [4.69, 9.17) is 4.74 Å². The molecule has 3 heterocycles. The van der Waals surface area contributed by atoms with Crippen LogP contribution >= 0.6 is 24.0 Å². The number of ether oxygens (including phenoxy) is 1. The summed E-state index contributed by atoms with van der Waals surface area (Å²) in [5.41, 5.74) is 2.50. The van der Waals surface area contributed by atoms with Crippen LogP contribution in [-0.2, 0) is 16.1 Å². The number of likely N-dealkylation sites (tertiary alicyclic amines) is 1. The third kappa shape index (κ3) is 6.12. The first-order valence-corrected chi connectivity index (χ1v) is 11.1. The van der Waals surface area contributed by atoms with Crippen molar-refractivity contribution < 1.29 is 9.53 Å². The highest BCUT2D eigenvalue weighted by Crippen LogP contribution is 2.21. The van der Waals surface area contributed by atoms with Crippen LogP contribution in [0.2, 0.25) is 0 Å². The molecule has 0 saturated carbocycles. The first kappa shape index (κ1) is 23.8. The Balaban J connectivity index is 0.00000272. The monoisotopic (exact) mass is 539 g/mol. The zero-order chi connectivity index (χ0) is 20.8. The lowest BCUT2D eigenvalue weighted by molar-refractivity contribution is -0.140. The lowest BCUT2D eigenvalue weighted by atomic mass is 9.95. The van der Waals surface area contributed by atoms with E-state index in [2.05, 4.69) is 56.5 Å². The number of carbonyl (C=O) groups is 1. The average Bonchev–Trinajstić information content (AvgIpc) is 3.35. The second-order valence-corrected chi connectivity index (χ2v) is 8.14. The molecule has 170 valence electrons. The largest absolute Gasteiger partial charge is 0.378 e. The van der Waals surface area contributed by atoms with Crippen LogP contribution in [0.25, 0.3) is 0 Å². The number of morpholine rings is 1. The molecule has 31 heavy (non-hydrogen) atoms. The third-order valence-electron chi connectivity index (χ3n) is 6.25. The Morgan fingerprint density at radius 3 is 2.29 bits per heavy atom. The Morgan fingerprint density at radius 1 is 1.03 bits per heavy atom. The molecule has 2 fully saturated rings. The van der Waals surface area contributed by atoms with Gasteiger partial charge in [0.1, 0.15) is 0 Å². The fourth-order valence-corrected chi connectivity index (χ4v) is 4.41. The van der Waals surface area contributed by atoms with Gasteiger partial charge in [-0.3, -0.25) is 9.79 Å². The summed E-state index contributed by atoms with van der Waals surface area (Å²) in [6.45, 7) is 7.25. The summed E-state index contributed by atoms with van der Waals surface area (Å²) in [5.74, 6) is 1.35. The first-order chi connectivity index (χ1) is 14.7. The number of halogens is 1. The topological polar surface area (TPSA) is 60.4 Å². The normalized spacial score (nSPS) is 20.0. The minimum atomic E-state index is 0. The van der Waals surface area contributed by atoms with Crippen molar-refractivity contribution in [3.8, 4) is 0 Å². The molecular weight excluding hydrogens is 505 g/mol. The van der Waals surface area contributed by atoms with Gasteiger partial charge in [0.2, 0.25) is 5.91 Å². The van der Waals surface area contributed by atoms with Crippen LogP contribution in [0.5, 0.6) is 0 Å². The van der Waals surface area contributed by atoms with Crippen LogP contribution in [0.1, 0.15) is 18.4 Å². The second-order valence-electron chi connectivity index (χ2n) is 8.14. The van der Waals surface area contributed by atoms with E-state index in [9.17, 15) is 4.79 Å². The van der Waals surface area contributed by atoms with Gasteiger partial charge in [0.15, 0.2) is 5.96 Å². The van der Waals surface area contributed by atoms with E-state index in [0.717, 1.165) is 64.6 Å². The molecule has 7 nitrogen and oxygen atoms in total. The van der Waals surface area contributed by atoms with Crippen LogP contribution in [0.3, 0.4) is 0 Å². The molecule has 3 aliphatic heterocycles. The summed E-state index contributed by atoms with van der Waals surface area (Å²) < 4.78 is 5.36. The standard InChI is InChI=1S/C23H33N5O2.HI/c1-24-23(25-18-19-4-6-21(7-5-19)26-10-2-3-11-26)28-12-8-20(9-13-28)22(29)27-14-16-30-17-15-27;/h2-7,20H,8-18H2,1H3,(H,24,25);1H. The maximum absolute atomic E-state index is 12.7. The summed E-state index contributed by atoms with van der Waals surface area (Å²) >= 11 is 0. The van der Waals surface area contributed by atoms with Crippen molar-refractivity contribution in [3.63, 3.8) is 0 Å². The highest BCUT2D eigenvalue weighted by atomic mass is 127. The molecule has 1 N–H and O–H groups in total. The molecule has 1 aromatic rings. The first-order valence-electron chi connectivity index (χ1n) is 11.1. The summed E-state index contributed by atoms with van der Waals surface area (Å²) in [6.07, 6.45) is 6.18. The molecule has 1 amide bonds. The van der Waals surface area contributed by atoms with Crippen LogP contribution in [0.15, 0.2) is 41.4 Å². The van der Waals surface area contributed by atoms with Crippen LogP contribution < -0.4 is 10.2 Å². The number of anilines is 1. The van der Waals surface area contributed by atoms with E-state index < -0.39 is 0 Å². The molecule has 8 heteroatoms. The predicted octanol–water partition coefficient (Wildman–Crippen LogP) is 2.33. The average molecular weight is 539 g/mol. The zero-order valence-corrected chi connectivity index (χ0v) is 20.7. The highest BCUT2D eigenvalue weighted by molar-refractivity contribution is 14.0. The molecule has 0 aromatic heterocycles. The van der Waals surface area contributed by atoms with Gasteiger partial charge in [0, 0.05) is 64.5 Å². The van der Waals surface area contributed by atoms with Gasteiger partial charge in [-0.15, -0.1) is 24.0 Å². The molecule has 0 atom stereocenters. The highest BCUT2D eigenvalue weighted by Gasteiger charge is 2.30. The van der Waals surface area contributed by atoms with Crippen LogP contribution in [-0.4, -0.2) is 81.2 Å². The van der Waals surface area contributed by atoms with E-state index in [1.165, 1.54) is 11.3 Å². The number of aliphatic imine (C=N–C) groups is 1. The minimum Gasteiger partial charge on any atom is -0.378 e. The zero-order valence-electron chi connectivity index (χ0n) is 18.3. The van der Waals surface area contributed by atoms with Crippen LogP contribution in [0.4, 0.5) is 5.69 Å². The van der Waals surface area contributed by atoms with Gasteiger partial charge < -0.3 is 24.8 Å². The van der Waals surface area contributed by atoms with Gasteiger partial charge in [-0.2, -0.15) is 0 Å². The number of hydrogen-bond acceptors (Lipinski definition) is 4. The molecule has 0 bridgehead atoms. The molecule has 0 spiro atoms. The van der Waals surface area contributed by atoms with Gasteiger partial charge in [0.25, 0.3) is 0 Å². The fraction of sp³-hybridized carbons (Fsp3) is 0.565. The lowest BCUT2D eigenvalue weighted by Crippen LogP contribution is -2.49. The van der Waals surface area contributed by atoms with E-state index in [1.54, 1.807) is 0 Å². The van der Waals surface area contributed by atoms with Crippen molar-refractivity contribution in [1.82, 2.24) is 15.1 Å². The maximum Gasteiger partial charge on any atom is 0.225 e. The number of benzene rings is 1. The Labute approximate surface area is 202 Å². The van der Waals surface area contributed by atoms with Gasteiger partial charge in [-0.1, -0.05) is 24.3 Å². The van der Waals surface area contributed by atoms with Crippen molar-refractivity contribution in [2.24, 2.45) is 10.9 Å². The molecule has 0 unspecified atom stereocenters. The summed E-state index contributed by atoms with van der Waals surface area (Å²) in [7, 11) is 1.83. The quantitative estimate of drug-likeness (QED) is 0.276. The smallest absolute Gasteiger partial charge is 0.225 e. The fourth-order valence-electron chi connectivity index (χ4n) is 4.41. The number of carbonyl (C=O) groups excluding carboxylic acids is 1. The van der Waals surface area contributed by atoms with Crippen molar-refractivity contribution >= 4 is 41.5 Å². The van der Waals surface area contributed by atoms with Crippen molar-refractivity contribution in [2.45, 2.75) is 19.4 Å². The molecular formula is C23H34IN5O2. The Kier molecular flexibility index (Phi) is 9.01. The Morgan fingerprint density at radius 2 is 1.68 bits per heavy atom. The maximum atomic E-state index is 12.7. The van der Waals surface area contributed by atoms with Crippen LogP contribution in [0, 0.1) is 5.92 Å². The Hall–Kier alpha value is -1.81. The second kappa shape index (κ2) is 11.7. The lowest BCUT2D eigenvalue weighted by Gasteiger charge is -2.36. The van der Waals surface area contributed by atoms with Crippen molar-refractivity contribution in [2.75, 3.05) is 64.4 Å². The summed E-state index contributed by atoms with van der Waals surface area (Å²) in [6, 6.07) is 8.74. The summed E-state index contributed by atoms with van der Waals surface area (Å²) in [4.78, 5) is 23.8. The molecule has 1 aromatic carbocycles. The van der Waals surface area contributed by atoms with Gasteiger partial charge in [0.05, 0.1) is 13.2 Å². The molecule has 4 rings (SSSR count).